The van der Waals surface area contributed by atoms with Crippen molar-refractivity contribution in [2.24, 2.45) is 0 Å². The Bertz CT molecular complexity index is 780. The fourth-order valence-corrected chi connectivity index (χ4v) is 2.54. The van der Waals surface area contributed by atoms with Gasteiger partial charge in [0.25, 0.3) is 5.91 Å². The number of carbonyl (C=O) groups excluding carboxylic acids is 1. The maximum Gasteiger partial charge on any atom is 0.335 e. The van der Waals surface area contributed by atoms with Gasteiger partial charge in [0.05, 0.1) is 18.4 Å². The van der Waals surface area contributed by atoms with Crippen LogP contribution in [0.15, 0.2) is 22.7 Å². The van der Waals surface area contributed by atoms with Crippen LogP contribution in [0.5, 0.6) is 5.75 Å². The third-order valence-corrected chi connectivity index (χ3v) is 3.85. The molecule has 1 aromatic carbocycles. The molecule has 0 saturated carbocycles. The van der Waals surface area contributed by atoms with E-state index in [1.54, 1.807) is 13.0 Å². The maximum atomic E-state index is 12.4. The molecule has 0 aliphatic rings. The van der Waals surface area contributed by atoms with E-state index in [1.165, 1.54) is 19.2 Å². The van der Waals surface area contributed by atoms with E-state index in [1.807, 2.05) is 13.8 Å². The average molecular weight is 346 g/mol. The molecule has 0 spiro atoms. The molecule has 0 atom stereocenters. The molecule has 0 fully saturated rings. The van der Waals surface area contributed by atoms with Crippen LogP contribution in [-0.2, 0) is 6.42 Å². The predicted molar refractivity (Wildman–Crippen MR) is 91.3 cm³/mol. The van der Waals surface area contributed by atoms with Crippen LogP contribution in [0.2, 0.25) is 0 Å². The molecule has 0 radical (unpaired) electrons. The lowest BCUT2D eigenvalue weighted by Gasteiger charge is -2.11. The molecule has 25 heavy (non-hydrogen) atoms. The number of rotatable bonds is 7. The highest BCUT2D eigenvalue weighted by Gasteiger charge is 2.22. The summed E-state index contributed by atoms with van der Waals surface area (Å²) in [6.07, 6.45) is 0.510. The zero-order chi connectivity index (χ0) is 18.6. The number of nitrogens with zero attached hydrogens (tertiary/aromatic N) is 1. The number of benzene rings is 1. The van der Waals surface area contributed by atoms with Crippen molar-refractivity contribution in [2.75, 3.05) is 13.7 Å². The molecule has 2 N–H and O–H groups in total. The van der Waals surface area contributed by atoms with Gasteiger partial charge in [0.15, 0.2) is 5.76 Å². The maximum absolute atomic E-state index is 12.4. The molecule has 0 aliphatic carbocycles. The van der Waals surface area contributed by atoms with Crippen LogP contribution >= 0.6 is 0 Å². The monoisotopic (exact) mass is 346 g/mol. The van der Waals surface area contributed by atoms with Crippen molar-refractivity contribution in [3.63, 3.8) is 0 Å². The molecule has 0 aliphatic heterocycles. The number of hydrogen-bond acceptors (Lipinski definition) is 5. The molecule has 2 rings (SSSR count). The zero-order valence-corrected chi connectivity index (χ0v) is 14.8. The lowest BCUT2D eigenvalue weighted by molar-refractivity contribution is 0.0696. The van der Waals surface area contributed by atoms with Crippen LogP contribution in [0.4, 0.5) is 0 Å². The van der Waals surface area contributed by atoms with Crippen molar-refractivity contribution in [3.8, 4) is 5.75 Å². The molecule has 0 unspecified atom stereocenters. The number of amides is 1. The average Bonchev–Trinajstić information content (AvgIpc) is 2.96. The van der Waals surface area contributed by atoms with Gasteiger partial charge >= 0.3 is 5.97 Å². The Morgan fingerprint density at radius 3 is 2.68 bits per heavy atom. The predicted octanol–water partition coefficient (Wildman–Crippen LogP) is 2.79. The molecular formula is C18H22N2O5. The van der Waals surface area contributed by atoms with Gasteiger partial charge in [-0.15, -0.1) is 0 Å². The number of carboxylic acids is 1. The fraction of sp³-hybridized carbons (Fsp3) is 0.389. The van der Waals surface area contributed by atoms with Crippen molar-refractivity contribution in [1.29, 1.82) is 0 Å². The molecule has 134 valence electrons. The van der Waals surface area contributed by atoms with E-state index in [0.717, 1.165) is 5.56 Å². The van der Waals surface area contributed by atoms with E-state index in [-0.39, 0.29) is 17.4 Å². The molecule has 7 nitrogen and oxygen atoms in total. The topological polar surface area (TPSA) is 102 Å². The Hall–Kier alpha value is -2.83. The number of methoxy groups -OCH3 is 1. The number of carbonyl (C=O) groups is 2. The van der Waals surface area contributed by atoms with Crippen LogP contribution < -0.4 is 10.1 Å². The normalized spacial score (nSPS) is 10.8. The van der Waals surface area contributed by atoms with Gasteiger partial charge in [-0.05, 0) is 31.0 Å². The largest absolute Gasteiger partial charge is 0.496 e. The Kier molecular flexibility index (Phi) is 5.80. The molecule has 0 bridgehead atoms. The van der Waals surface area contributed by atoms with E-state index >= 15 is 0 Å². The summed E-state index contributed by atoms with van der Waals surface area (Å²) in [7, 11) is 1.48. The molecule has 1 heterocycles. The smallest absolute Gasteiger partial charge is 0.335 e. The minimum Gasteiger partial charge on any atom is -0.496 e. The molecule has 1 amide bonds. The second kappa shape index (κ2) is 7.83. The van der Waals surface area contributed by atoms with Gasteiger partial charge in [-0.3, -0.25) is 4.79 Å². The first-order chi connectivity index (χ1) is 11.8. The number of ether oxygens (including phenoxy) is 1. The summed E-state index contributed by atoms with van der Waals surface area (Å²) in [5.74, 6) is -0.131. The Balaban J connectivity index is 2.05. The SMILES string of the molecule is COc1cc(C(=O)O)ccc1CCNC(=O)c1c(C)noc1C(C)C. The van der Waals surface area contributed by atoms with Crippen LogP contribution in [0.25, 0.3) is 0 Å². The van der Waals surface area contributed by atoms with E-state index in [9.17, 15) is 9.59 Å². The Morgan fingerprint density at radius 1 is 1.36 bits per heavy atom. The molecule has 7 heteroatoms. The van der Waals surface area contributed by atoms with Gasteiger partial charge in [0, 0.05) is 12.5 Å². The summed E-state index contributed by atoms with van der Waals surface area (Å²) in [4.78, 5) is 23.4. The summed E-state index contributed by atoms with van der Waals surface area (Å²) in [6.45, 7) is 5.99. The number of aromatic carboxylic acids is 1. The van der Waals surface area contributed by atoms with E-state index in [2.05, 4.69) is 10.5 Å². The molecular weight excluding hydrogens is 324 g/mol. The lowest BCUT2D eigenvalue weighted by Crippen LogP contribution is -2.27. The van der Waals surface area contributed by atoms with Gasteiger partial charge < -0.3 is 19.7 Å². The van der Waals surface area contributed by atoms with Crippen LogP contribution in [0, 0.1) is 6.92 Å². The van der Waals surface area contributed by atoms with Gasteiger partial charge in [0.2, 0.25) is 0 Å². The summed E-state index contributed by atoms with van der Waals surface area (Å²) in [5.41, 5.74) is 2.01. The third kappa shape index (κ3) is 4.17. The second-order valence-corrected chi connectivity index (χ2v) is 6.00. The summed E-state index contributed by atoms with van der Waals surface area (Å²) >= 11 is 0. The van der Waals surface area contributed by atoms with Gasteiger partial charge in [0.1, 0.15) is 11.3 Å². The quantitative estimate of drug-likeness (QED) is 0.799. The van der Waals surface area contributed by atoms with Crippen molar-refractivity contribution < 1.29 is 24.0 Å². The summed E-state index contributed by atoms with van der Waals surface area (Å²) < 4.78 is 10.5. The zero-order valence-electron chi connectivity index (χ0n) is 14.8. The lowest BCUT2D eigenvalue weighted by atomic mass is 10.0. The van der Waals surface area contributed by atoms with E-state index in [0.29, 0.717) is 35.7 Å². The van der Waals surface area contributed by atoms with Crippen molar-refractivity contribution in [1.82, 2.24) is 10.5 Å². The van der Waals surface area contributed by atoms with Crippen LogP contribution in [0.1, 0.15) is 57.5 Å². The highest BCUT2D eigenvalue weighted by atomic mass is 16.5. The van der Waals surface area contributed by atoms with Crippen molar-refractivity contribution >= 4 is 11.9 Å². The van der Waals surface area contributed by atoms with Gasteiger partial charge in [-0.25, -0.2) is 4.79 Å². The van der Waals surface area contributed by atoms with Crippen LogP contribution in [-0.4, -0.2) is 35.8 Å². The van der Waals surface area contributed by atoms with Gasteiger partial charge in [-0.1, -0.05) is 25.1 Å². The fourth-order valence-electron chi connectivity index (χ4n) is 2.54. The first-order valence-corrected chi connectivity index (χ1v) is 7.99. The van der Waals surface area contributed by atoms with E-state index in [4.69, 9.17) is 14.4 Å². The first kappa shape index (κ1) is 18.5. The number of carboxylic acid groups (broad SMARTS) is 1. The van der Waals surface area contributed by atoms with Gasteiger partial charge in [-0.2, -0.15) is 0 Å². The minimum absolute atomic E-state index is 0.0607. The highest BCUT2D eigenvalue weighted by molar-refractivity contribution is 5.96. The first-order valence-electron chi connectivity index (χ1n) is 7.99. The Labute approximate surface area is 146 Å². The highest BCUT2D eigenvalue weighted by Crippen LogP contribution is 2.23. The number of nitrogens with one attached hydrogen (secondary N) is 1. The standard InChI is InChI=1S/C18H22N2O5/c1-10(2)16-15(11(3)20-25-16)17(21)19-8-7-12-5-6-13(18(22)23)9-14(12)24-4/h5-6,9-10H,7-8H2,1-4H3,(H,19,21)(H,22,23). The molecule has 1 aromatic heterocycles. The minimum atomic E-state index is -1.01. The molecule has 2 aromatic rings. The third-order valence-electron chi connectivity index (χ3n) is 3.85. The second-order valence-electron chi connectivity index (χ2n) is 6.00. The molecule has 0 saturated heterocycles. The van der Waals surface area contributed by atoms with E-state index < -0.39 is 5.97 Å². The number of aryl methyl sites for hydroxylation is 1. The summed E-state index contributed by atoms with van der Waals surface area (Å²) in [5, 5.41) is 15.7. The Morgan fingerprint density at radius 2 is 2.08 bits per heavy atom. The number of hydrogen-bond donors (Lipinski definition) is 2. The van der Waals surface area contributed by atoms with Crippen molar-refractivity contribution in [3.05, 3.63) is 46.3 Å². The summed E-state index contributed by atoms with van der Waals surface area (Å²) in [6, 6.07) is 4.68. The van der Waals surface area contributed by atoms with Crippen molar-refractivity contribution in [2.45, 2.75) is 33.1 Å². The number of aromatic nitrogens is 1. The van der Waals surface area contributed by atoms with Crippen LogP contribution in [0.3, 0.4) is 0 Å².